The van der Waals surface area contributed by atoms with Gasteiger partial charge in [0.1, 0.15) is 5.75 Å². The number of rotatable bonds is 7. The monoisotopic (exact) mass is 406 g/mol. The lowest BCUT2D eigenvalue weighted by molar-refractivity contribution is -0.126. The lowest BCUT2D eigenvalue weighted by Crippen LogP contribution is -2.45. The summed E-state index contributed by atoms with van der Waals surface area (Å²) in [5.41, 5.74) is 1.43. The standard InChI is InChI=1S/C21H30N2O4S/c1-27-19-9-11-20(12-10-19)28(25,26)23-15-5-8-18(16-23)21(24)22-14-13-17-6-3-2-4-7-17/h6,9-12,18H,2-5,7-8,13-16H2,1H3,(H,22,24)/t18-/m1/s1. The van der Waals surface area contributed by atoms with E-state index in [4.69, 9.17) is 4.74 Å². The summed E-state index contributed by atoms with van der Waals surface area (Å²) in [5.74, 6) is 0.288. The molecule has 6 nitrogen and oxygen atoms in total. The molecule has 0 unspecified atom stereocenters. The van der Waals surface area contributed by atoms with E-state index in [0.717, 1.165) is 25.7 Å². The van der Waals surface area contributed by atoms with Crippen LogP contribution in [0.2, 0.25) is 0 Å². The molecule has 1 heterocycles. The summed E-state index contributed by atoms with van der Waals surface area (Å²) in [6, 6.07) is 6.38. The molecule has 154 valence electrons. The number of nitrogens with zero attached hydrogens (tertiary/aromatic N) is 1. The van der Waals surface area contributed by atoms with Crippen molar-refractivity contribution in [1.29, 1.82) is 0 Å². The van der Waals surface area contributed by atoms with E-state index in [1.165, 1.54) is 22.7 Å². The molecule has 1 aromatic carbocycles. The predicted molar refractivity (Wildman–Crippen MR) is 109 cm³/mol. The highest BCUT2D eigenvalue weighted by atomic mass is 32.2. The second-order valence-electron chi connectivity index (χ2n) is 7.53. The Morgan fingerprint density at radius 2 is 2.00 bits per heavy atom. The summed E-state index contributed by atoms with van der Waals surface area (Å²) in [4.78, 5) is 12.8. The highest BCUT2D eigenvalue weighted by Crippen LogP contribution is 2.25. The largest absolute Gasteiger partial charge is 0.497 e. The Bertz CT molecular complexity index is 802. The minimum absolute atomic E-state index is 0.0361. The van der Waals surface area contributed by atoms with Crippen molar-refractivity contribution < 1.29 is 17.9 Å². The number of carbonyl (C=O) groups is 1. The number of hydrogen-bond donors (Lipinski definition) is 1. The number of benzene rings is 1. The molecule has 3 rings (SSSR count). The molecule has 0 bridgehead atoms. The van der Waals surface area contributed by atoms with E-state index in [-0.39, 0.29) is 23.3 Å². The minimum Gasteiger partial charge on any atom is -0.497 e. The molecule has 7 heteroatoms. The zero-order chi connectivity index (χ0) is 20.0. The molecule has 1 saturated heterocycles. The van der Waals surface area contributed by atoms with Gasteiger partial charge >= 0.3 is 0 Å². The highest BCUT2D eigenvalue weighted by molar-refractivity contribution is 7.89. The summed E-state index contributed by atoms with van der Waals surface area (Å²) in [7, 11) is -2.06. The molecule has 0 radical (unpaired) electrons. The summed E-state index contributed by atoms with van der Waals surface area (Å²) in [6.45, 7) is 1.32. The average Bonchev–Trinajstić information content (AvgIpc) is 2.74. The number of sulfonamides is 1. The van der Waals surface area contributed by atoms with Crippen LogP contribution in [0.3, 0.4) is 0 Å². The number of ether oxygens (including phenoxy) is 1. The van der Waals surface area contributed by atoms with Crippen LogP contribution in [-0.4, -0.2) is 45.4 Å². The molecule has 1 aliphatic heterocycles. The Kier molecular flexibility index (Phi) is 7.13. The van der Waals surface area contributed by atoms with E-state index in [9.17, 15) is 13.2 Å². The van der Waals surface area contributed by atoms with Gasteiger partial charge in [-0.25, -0.2) is 8.42 Å². The Labute approximate surface area is 168 Å². The van der Waals surface area contributed by atoms with Crippen molar-refractivity contribution >= 4 is 15.9 Å². The van der Waals surface area contributed by atoms with Gasteiger partial charge in [0.15, 0.2) is 0 Å². The third kappa shape index (κ3) is 5.14. The number of carbonyl (C=O) groups excluding carboxylic acids is 1. The number of allylic oxidation sites excluding steroid dienone is 1. The first-order valence-corrected chi connectivity index (χ1v) is 11.5. The van der Waals surface area contributed by atoms with Crippen LogP contribution in [-0.2, 0) is 14.8 Å². The van der Waals surface area contributed by atoms with Crippen molar-refractivity contribution in [3.63, 3.8) is 0 Å². The predicted octanol–water partition coefficient (Wildman–Crippen LogP) is 3.10. The molecule has 0 spiro atoms. The Morgan fingerprint density at radius 3 is 2.68 bits per heavy atom. The van der Waals surface area contributed by atoms with Crippen molar-refractivity contribution in [1.82, 2.24) is 9.62 Å². The first-order chi connectivity index (χ1) is 13.5. The number of nitrogens with one attached hydrogen (secondary N) is 1. The zero-order valence-corrected chi connectivity index (χ0v) is 17.3. The van der Waals surface area contributed by atoms with E-state index in [0.29, 0.717) is 25.3 Å². The lowest BCUT2D eigenvalue weighted by atomic mass is 9.96. The van der Waals surface area contributed by atoms with E-state index in [2.05, 4.69) is 11.4 Å². The van der Waals surface area contributed by atoms with Gasteiger partial charge in [0, 0.05) is 19.6 Å². The van der Waals surface area contributed by atoms with Crippen molar-refractivity contribution in [2.24, 2.45) is 5.92 Å². The van der Waals surface area contributed by atoms with Gasteiger partial charge in [-0.05, 0) is 69.2 Å². The zero-order valence-electron chi connectivity index (χ0n) is 16.5. The molecular weight excluding hydrogens is 376 g/mol. The fourth-order valence-electron chi connectivity index (χ4n) is 3.89. The van der Waals surface area contributed by atoms with Crippen molar-refractivity contribution in [2.45, 2.75) is 49.8 Å². The first-order valence-electron chi connectivity index (χ1n) is 10.1. The van der Waals surface area contributed by atoms with Crippen LogP contribution < -0.4 is 10.1 Å². The Balaban J connectivity index is 1.56. The van der Waals surface area contributed by atoms with Gasteiger partial charge in [-0.2, -0.15) is 4.31 Å². The SMILES string of the molecule is COc1ccc(S(=O)(=O)N2CCC[C@@H](C(=O)NCCC3=CCCCC3)C2)cc1. The van der Waals surface area contributed by atoms with Gasteiger partial charge in [0.2, 0.25) is 15.9 Å². The smallest absolute Gasteiger partial charge is 0.243 e. The molecule has 1 aliphatic carbocycles. The van der Waals surface area contributed by atoms with Crippen LogP contribution in [0.1, 0.15) is 44.9 Å². The third-order valence-electron chi connectivity index (χ3n) is 5.58. The lowest BCUT2D eigenvalue weighted by Gasteiger charge is -2.31. The van der Waals surface area contributed by atoms with E-state index in [1.807, 2.05) is 0 Å². The molecule has 28 heavy (non-hydrogen) atoms. The van der Waals surface area contributed by atoms with Crippen molar-refractivity contribution in [2.75, 3.05) is 26.7 Å². The van der Waals surface area contributed by atoms with Gasteiger partial charge in [0.05, 0.1) is 17.9 Å². The second kappa shape index (κ2) is 9.56. The van der Waals surface area contributed by atoms with E-state index in [1.54, 1.807) is 31.4 Å². The normalized spacial score (nSPS) is 21.0. The molecule has 1 aromatic rings. The highest BCUT2D eigenvalue weighted by Gasteiger charge is 2.33. The van der Waals surface area contributed by atoms with Gasteiger partial charge in [-0.3, -0.25) is 4.79 Å². The fourth-order valence-corrected chi connectivity index (χ4v) is 5.42. The topological polar surface area (TPSA) is 75.7 Å². The summed E-state index contributed by atoms with van der Waals surface area (Å²) < 4.78 is 32.4. The number of methoxy groups -OCH3 is 1. The average molecular weight is 407 g/mol. The molecule has 1 amide bonds. The summed E-state index contributed by atoms with van der Waals surface area (Å²) in [6.07, 6.45) is 9.38. The fraction of sp³-hybridized carbons (Fsp3) is 0.571. The molecule has 1 N–H and O–H groups in total. The van der Waals surface area contributed by atoms with Crippen LogP contribution in [0.25, 0.3) is 0 Å². The number of amides is 1. The molecule has 1 fully saturated rings. The van der Waals surface area contributed by atoms with Crippen LogP contribution >= 0.6 is 0 Å². The van der Waals surface area contributed by atoms with Gasteiger partial charge < -0.3 is 10.1 Å². The van der Waals surface area contributed by atoms with E-state index >= 15 is 0 Å². The molecule has 1 atom stereocenters. The maximum absolute atomic E-state index is 12.9. The van der Waals surface area contributed by atoms with Crippen LogP contribution in [0.15, 0.2) is 40.8 Å². The van der Waals surface area contributed by atoms with E-state index < -0.39 is 10.0 Å². The number of piperidine rings is 1. The Morgan fingerprint density at radius 1 is 1.21 bits per heavy atom. The van der Waals surface area contributed by atoms with Crippen LogP contribution in [0.4, 0.5) is 0 Å². The van der Waals surface area contributed by atoms with Crippen LogP contribution in [0, 0.1) is 5.92 Å². The number of hydrogen-bond acceptors (Lipinski definition) is 4. The van der Waals surface area contributed by atoms with Gasteiger partial charge in [-0.15, -0.1) is 0 Å². The molecule has 2 aliphatic rings. The van der Waals surface area contributed by atoms with Gasteiger partial charge in [-0.1, -0.05) is 11.6 Å². The maximum atomic E-state index is 12.9. The van der Waals surface area contributed by atoms with Crippen LogP contribution in [0.5, 0.6) is 5.75 Å². The third-order valence-corrected chi connectivity index (χ3v) is 7.46. The Hall–Kier alpha value is -1.86. The minimum atomic E-state index is -3.60. The molecular formula is C21H30N2O4S. The van der Waals surface area contributed by atoms with Crippen molar-refractivity contribution in [3.8, 4) is 5.75 Å². The summed E-state index contributed by atoms with van der Waals surface area (Å²) >= 11 is 0. The first kappa shape index (κ1) is 20.9. The maximum Gasteiger partial charge on any atom is 0.243 e. The summed E-state index contributed by atoms with van der Waals surface area (Å²) in [5, 5.41) is 3.01. The molecule has 0 saturated carbocycles. The molecule has 0 aromatic heterocycles. The second-order valence-corrected chi connectivity index (χ2v) is 9.46. The van der Waals surface area contributed by atoms with Crippen molar-refractivity contribution in [3.05, 3.63) is 35.9 Å². The quantitative estimate of drug-likeness (QED) is 0.706. The van der Waals surface area contributed by atoms with Gasteiger partial charge in [0.25, 0.3) is 0 Å².